The lowest BCUT2D eigenvalue weighted by atomic mass is 10.1. The zero-order valence-electron chi connectivity index (χ0n) is 13.4. The summed E-state index contributed by atoms with van der Waals surface area (Å²) in [6.45, 7) is 13.1. The molecule has 1 amide bonds. The molecule has 0 saturated carbocycles. The number of aromatic nitrogens is 2. The predicted molar refractivity (Wildman–Crippen MR) is 83.6 cm³/mol. The van der Waals surface area contributed by atoms with Crippen LogP contribution >= 0.6 is 0 Å². The smallest absolute Gasteiger partial charge is 0.272 e. The molecule has 0 unspecified atom stereocenters. The lowest BCUT2D eigenvalue weighted by molar-refractivity contribution is 0.0913. The molecule has 1 saturated heterocycles. The molecular formula is C15H25N5O. The third kappa shape index (κ3) is 4.39. The Morgan fingerprint density at radius 1 is 1.19 bits per heavy atom. The van der Waals surface area contributed by atoms with E-state index in [0.717, 1.165) is 38.5 Å². The van der Waals surface area contributed by atoms with Gasteiger partial charge in [0.05, 0.1) is 0 Å². The minimum Gasteiger partial charge on any atom is -0.353 e. The average Bonchev–Trinajstić information content (AvgIpc) is 2.46. The number of anilines is 1. The highest BCUT2D eigenvalue weighted by Crippen LogP contribution is 2.13. The summed E-state index contributed by atoms with van der Waals surface area (Å²) in [6, 6.07) is 3.63. The van der Waals surface area contributed by atoms with Crippen LogP contribution in [-0.2, 0) is 0 Å². The molecule has 2 rings (SSSR count). The van der Waals surface area contributed by atoms with Gasteiger partial charge in [-0.15, -0.1) is 10.2 Å². The Bertz CT molecular complexity index is 472. The summed E-state index contributed by atoms with van der Waals surface area (Å²) in [7, 11) is 0. The number of rotatable bonds is 3. The summed E-state index contributed by atoms with van der Waals surface area (Å²) in [6.07, 6.45) is 0. The summed E-state index contributed by atoms with van der Waals surface area (Å²) in [4.78, 5) is 16.6. The molecule has 0 bridgehead atoms. The lowest BCUT2D eigenvalue weighted by Crippen LogP contribution is -2.46. The van der Waals surface area contributed by atoms with Crippen molar-refractivity contribution in [3.8, 4) is 0 Å². The normalized spacial score (nSPS) is 16.9. The van der Waals surface area contributed by atoms with E-state index in [1.165, 1.54) is 0 Å². The van der Waals surface area contributed by atoms with E-state index in [2.05, 4.69) is 32.2 Å². The first kappa shape index (κ1) is 15.7. The number of likely N-dealkylation sites (N-methyl/N-ethyl adjacent to an activating group) is 1. The van der Waals surface area contributed by atoms with Crippen molar-refractivity contribution in [2.75, 3.05) is 37.6 Å². The zero-order valence-corrected chi connectivity index (χ0v) is 13.4. The molecule has 6 nitrogen and oxygen atoms in total. The van der Waals surface area contributed by atoms with Gasteiger partial charge in [-0.25, -0.2) is 0 Å². The third-order valence-electron chi connectivity index (χ3n) is 3.52. The van der Waals surface area contributed by atoms with Crippen LogP contribution in [-0.4, -0.2) is 59.3 Å². The second kappa shape index (κ2) is 6.39. The van der Waals surface area contributed by atoms with Crippen LogP contribution < -0.4 is 10.2 Å². The Hall–Kier alpha value is -1.69. The van der Waals surface area contributed by atoms with Crippen LogP contribution in [0.5, 0.6) is 0 Å². The fourth-order valence-electron chi connectivity index (χ4n) is 2.31. The molecule has 21 heavy (non-hydrogen) atoms. The Morgan fingerprint density at radius 2 is 1.86 bits per heavy atom. The van der Waals surface area contributed by atoms with E-state index < -0.39 is 0 Å². The van der Waals surface area contributed by atoms with Crippen molar-refractivity contribution in [1.29, 1.82) is 0 Å². The average molecular weight is 291 g/mol. The highest BCUT2D eigenvalue weighted by atomic mass is 16.2. The van der Waals surface area contributed by atoms with Gasteiger partial charge in [-0.3, -0.25) is 4.79 Å². The maximum Gasteiger partial charge on any atom is 0.272 e. The van der Waals surface area contributed by atoms with E-state index in [-0.39, 0.29) is 11.4 Å². The molecule has 116 valence electrons. The fraction of sp³-hybridized carbons (Fsp3) is 0.667. The summed E-state index contributed by atoms with van der Waals surface area (Å²) in [5.41, 5.74) is 0.0920. The second-order valence-corrected chi connectivity index (χ2v) is 6.40. The van der Waals surface area contributed by atoms with Gasteiger partial charge in [-0.2, -0.15) is 0 Å². The van der Waals surface area contributed by atoms with Crippen LogP contribution in [0.25, 0.3) is 0 Å². The maximum atomic E-state index is 12.0. The summed E-state index contributed by atoms with van der Waals surface area (Å²) in [5.74, 6) is 0.662. The molecule has 1 aliphatic rings. The first-order valence-electron chi connectivity index (χ1n) is 7.52. The van der Waals surface area contributed by atoms with Crippen molar-refractivity contribution >= 4 is 11.7 Å². The van der Waals surface area contributed by atoms with Crippen LogP contribution in [0.15, 0.2) is 12.1 Å². The number of carbonyl (C=O) groups excluding carboxylic acids is 1. The minimum absolute atomic E-state index is 0.183. The van der Waals surface area contributed by atoms with Crippen molar-refractivity contribution in [2.45, 2.75) is 33.2 Å². The van der Waals surface area contributed by atoms with E-state index in [1.54, 1.807) is 6.07 Å². The van der Waals surface area contributed by atoms with Crippen LogP contribution in [0, 0.1) is 0 Å². The molecule has 0 atom stereocenters. The van der Waals surface area contributed by atoms with Gasteiger partial charge in [-0.1, -0.05) is 6.92 Å². The standard InChI is InChI=1S/C15H25N5O/c1-5-19-8-10-20(11-9-19)13-7-6-12(17-18-13)14(21)16-15(2,3)4/h6-7H,5,8-11H2,1-4H3,(H,16,21). The van der Waals surface area contributed by atoms with Crippen molar-refractivity contribution in [1.82, 2.24) is 20.4 Å². The van der Waals surface area contributed by atoms with Crippen LogP contribution in [0.3, 0.4) is 0 Å². The van der Waals surface area contributed by atoms with E-state index in [9.17, 15) is 4.79 Å². The molecule has 1 aromatic rings. The molecule has 0 aromatic carbocycles. The van der Waals surface area contributed by atoms with Crippen molar-refractivity contribution < 1.29 is 4.79 Å². The van der Waals surface area contributed by atoms with Crippen molar-refractivity contribution in [3.63, 3.8) is 0 Å². The van der Waals surface area contributed by atoms with E-state index in [0.29, 0.717) is 5.69 Å². The Kier molecular flexibility index (Phi) is 4.77. The molecule has 1 aromatic heterocycles. The number of hydrogen-bond acceptors (Lipinski definition) is 5. The number of carbonyl (C=O) groups is 1. The second-order valence-electron chi connectivity index (χ2n) is 6.40. The highest BCUT2D eigenvalue weighted by Gasteiger charge is 2.19. The molecule has 6 heteroatoms. The molecular weight excluding hydrogens is 266 g/mol. The quantitative estimate of drug-likeness (QED) is 0.905. The van der Waals surface area contributed by atoms with Crippen LogP contribution in [0.4, 0.5) is 5.82 Å². The summed E-state index contributed by atoms with van der Waals surface area (Å²) >= 11 is 0. The van der Waals surface area contributed by atoms with E-state index in [4.69, 9.17) is 0 Å². The van der Waals surface area contributed by atoms with Gasteiger partial charge >= 0.3 is 0 Å². The third-order valence-corrected chi connectivity index (χ3v) is 3.52. The Morgan fingerprint density at radius 3 is 2.33 bits per heavy atom. The first-order valence-corrected chi connectivity index (χ1v) is 7.52. The van der Waals surface area contributed by atoms with Gasteiger partial charge in [0.25, 0.3) is 5.91 Å². The van der Waals surface area contributed by atoms with E-state index in [1.807, 2.05) is 26.8 Å². The number of piperazine rings is 1. The topological polar surface area (TPSA) is 61.4 Å². The van der Waals surface area contributed by atoms with Gasteiger partial charge in [0, 0.05) is 31.7 Å². The Labute approximate surface area is 126 Å². The maximum absolute atomic E-state index is 12.0. The monoisotopic (exact) mass is 291 g/mol. The molecule has 0 spiro atoms. The number of nitrogens with one attached hydrogen (secondary N) is 1. The van der Waals surface area contributed by atoms with Gasteiger partial charge < -0.3 is 15.1 Å². The molecule has 0 radical (unpaired) electrons. The highest BCUT2D eigenvalue weighted by molar-refractivity contribution is 5.92. The first-order chi connectivity index (χ1) is 9.89. The van der Waals surface area contributed by atoms with Gasteiger partial charge in [-0.05, 0) is 39.4 Å². The predicted octanol–water partition coefficient (Wildman–Crippen LogP) is 1.15. The van der Waals surface area contributed by atoms with Crippen molar-refractivity contribution in [2.24, 2.45) is 0 Å². The van der Waals surface area contributed by atoms with Crippen LogP contribution in [0.2, 0.25) is 0 Å². The largest absolute Gasteiger partial charge is 0.353 e. The summed E-state index contributed by atoms with van der Waals surface area (Å²) in [5, 5.41) is 11.1. The summed E-state index contributed by atoms with van der Waals surface area (Å²) < 4.78 is 0. The number of amides is 1. The van der Waals surface area contributed by atoms with Crippen LogP contribution in [0.1, 0.15) is 38.2 Å². The molecule has 0 aliphatic carbocycles. The molecule has 2 heterocycles. The van der Waals surface area contributed by atoms with Gasteiger partial charge in [0.2, 0.25) is 0 Å². The fourth-order valence-corrected chi connectivity index (χ4v) is 2.31. The molecule has 1 aliphatic heterocycles. The Balaban J connectivity index is 1.98. The molecule has 1 N–H and O–H groups in total. The zero-order chi connectivity index (χ0) is 15.5. The van der Waals surface area contributed by atoms with Crippen molar-refractivity contribution in [3.05, 3.63) is 17.8 Å². The lowest BCUT2D eigenvalue weighted by Gasteiger charge is -2.34. The van der Waals surface area contributed by atoms with Gasteiger partial charge in [0.1, 0.15) is 0 Å². The van der Waals surface area contributed by atoms with Gasteiger partial charge in [0.15, 0.2) is 11.5 Å². The SMILES string of the molecule is CCN1CCN(c2ccc(C(=O)NC(C)(C)C)nn2)CC1. The minimum atomic E-state index is -0.270. The van der Waals surface area contributed by atoms with E-state index >= 15 is 0 Å². The molecule has 1 fully saturated rings. The number of nitrogens with zero attached hydrogens (tertiary/aromatic N) is 4. The number of hydrogen-bond donors (Lipinski definition) is 1.